The van der Waals surface area contributed by atoms with Gasteiger partial charge in [0.15, 0.2) is 5.75 Å². The van der Waals surface area contributed by atoms with Crippen molar-refractivity contribution in [3.05, 3.63) is 53.3 Å². The minimum atomic E-state index is -0.286. The van der Waals surface area contributed by atoms with Crippen LogP contribution in [-0.4, -0.2) is 25.8 Å². The fraction of sp³-hybridized carbons (Fsp3) is 0.368. The molecule has 27 heavy (non-hydrogen) atoms. The molecule has 0 radical (unpaired) electrons. The van der Waals surface area contributed by atoms with Gasteiger partial charge in [0.05, 0.1) is 8.95 Å². The highest BCUT2D eigenvalue weighted by molar-refractivity contribution is 9.14. The molecular weight excluding hydrogens is 612 g/mol. The van der Waals surface area contributed by atoms with Crippen molar-refractivity contribution in [3.8, 4) is 11.5 Å². The molecule has 4 nitrogen and oxygen atoms in total. The molecule has 2 unspecified atom stereocenters. The second kappa shape index (κ2) is 7.61. The number of benzene rings is 2. The second-order valence-corrected chi connectivity index (χ2v) is 10.0. The molecule has 0 saturated carbocycles. The van der Waals surface area contributed by atoms with Gasteiger partial charge < -0.3 is 18.9 Å². The zero-order valence-corrected chi connectivity index (χ0v) is 20.9. The van der Waals surface area contributed by atoms with Gasteiger partial charge in [0.2, 0.25) is 12.6 Å². The number of ether oxygens (including phenoxy) is 4. The third-order valence-electron chi connectivity index (χ3n) is 4.55. The lowest BCUT2D eigenvalue weighted by Gasteiger charge is -2.30. The van der Waals surface area contributed by atoms with Crippen LogP contribution in [0.3, 0.4) is 0 Å². The van der Waals surface area contributed by atoms with Crippen molar-refractivity contribution >= 4 is 63.7 Å². The van der Waals surface area contributed by atoms with Crippen LogP contribution in [0.1, 0.15) is 25.0 Å². The van der Waals surface area contributed by atoms with Crippen LogP contribution in [0.2, 0.25) is 0 Å². The molecule has 8 heteroatoms. The second-order valence-electron chi connectivity index (χ2n) is 6.87. The largest absolute Gasteiger partial charge is 0.462 e. The van der Waals surface area contributed by atoms with Crippen LogP contribution in [0.15, 0.2) is 42.2 Å². The van der Waals surface area contributed by atoms with Crippen LogP contribution in [0, 0.1) is 0 Å². The maximum Gasteiger partial charge on any atom is 0.224 e. The van der Waals surface area contributed by atoms with E-state index in [2.05, 4.69) is 89.7 Å². The van der Waals surface area contributed by atoms with E-state index in [4.69, 9.17) is 18.9 Å². The van der Waals surface area contributed by atoms with Crippen LogP contribution >= 0.6 is 63.7 Å². The molecule has 2 aromatic rings. The molecule has 0 amide bonds. The summed E-state index contributed by atoms with van der Waals surface area (Å²) in [6, 6.07) is 8.13. The molecular formula is C19H16Br4O4. The van der Waals surface area contributed by atoms with Gasteiger partial charge in [-0.25, -0.2) is 0 Å². The quantitative estimate of drug-likeness (QED) is 0.270. The SMILES string of the molecule is CC(C)(c1ccc(OC2CO2)cc1)c1c(Br)c(Br)c(OC2CO2)c(Br)c1Br. The minimum absolute atomic E-state index is 0.0953. The van der Waals surface area contributed by atoms with Gasteiger partial charge in [-0.15, -0.1) is 0 Å². The van der Waals surface area contributed by atoms with Crippen LogP contribution in [0.4, 0.5) is 0 Å². The smallest absolute Gasteiger partial charge is 0.224 e. The fourth-order valence-corrected chi connectivity index (χ4v) is 6.12. The highest BCUT2D eigenvalue weighted by atomic mass is 79.9. The topological polar surface area (TPSA) is 43.5 Å². The molecule has 4 rings (SSSR count). The molecule has 0 aromatic heterocycles. The van der Waals surface area contributed by atoms with E-state index in [0.29, 0.717) is 19.0 Å². The van der Waals surface area contributed by atoms with Gasteiger partial charge in [0.1, 0.15) is 19.0 Å². The van der Waals surface area contributed by atoms with E-state index in [-0.39, 0.29) is 18.0 Å². The Labute approximate surface area is 191 Å². The summed E-state index contributed by atoms with van der Waals surface area (Å²) in [4.78, 5) is 0. The molecule has 0 bridgehead atoms. The Kier molecular flexibility index (Phi) is 5.68. The van der Waals surface area contributed by atoms with E-state index in [9.17, 15) is 0 Å². The third kappa shape index (κ3) is 4.12. The molecule has 144 valence electrons. The molecule has 2 aromatic carbocycles. The predicted octanol–water partition coefficient (Wildman–Crippen LogP) is 6.53. The third-order valence-corrected chi connectivity index (χ3v) is 8.71. The van der Waals surface area contributed by atoms with Crippen molar-refractivity contribution < 1.29 is 18.9 Å². The molecule has 0 aliphatic carbocycles. The van der Waals surface area contributed by atoms with Gasteiger partial charge in [0.25, 0.3) is 0 Å². The van der Waals surface area contributed by atoms with Crippen LogP contribution in [-0.2, 0) is 14.9 Å². The first-order valence-corrected chi connectivity index (χ1v) is 11.5. The molecule has 2 aliphatic rings. The Morgan fingerprint density at radius 1 is 0.815 bits per heavy atom. The molecule has 2 fully saturated rings. The zero-order valence-electron chi connectivity index (χ0n) is 14.5. The van der Waals surface area contributed by atoms with Gasteiger partial charge in [-0.05, 0) is 87.0 Å². The van der Waals surface area contributed by atoms with E-state index in [0.717, 1.165) is 34.8 Å². The maximum absolute atomic E-state index is 5.88. The molecule has 2 atom stereocenters. The van der Waals surface area contributed by atoms with Crippen molar-refractivity contribution in [2.24, 2.45) is 0 Å². The lowest BCUT2D eigenvalue weighted by Crippen LogP contribution is -2.21. The first-order valence-electron chi connectivity index (χ1n) is 8.32. The average molecular weight is 628 g/mol. The Morgan fingerprint density at radius 2 is 1.30 bits per heavy atom. The fourth-order valence-electron chi connectivity index (χ4n) is 2.86. The monoisotopic (exact) mass is 624 g/mol. The molecule has 2 heterocycles. The summed E-state index contributed by atoms with van der Waals surface area (Å²) in [5.74, 6) is 1.52. The predicted molar refractivity (Wildman–Crippen MR) is 117 cm³/mol. The van der Waals surface area contributed by atoms with Crippen molar-refractivity contribution in [3.63, 3.8) is 0 Å². The molecule has 2 aliphatic heterocycles. The normalized spacial score (nSPS) is 21.1. The first-order chi connectivity index (χ1) is 12.8. The number of hydrogen-bond donors (Lipinski definition) is 0. The van der Waals surface area contributed by atoms with Gasteiger partial charge in [-0.3, -0.25) is 0 Å². The van der Waals surface area contributed by atoms with Crippen molar-refractivity contribution in [1.29, 1.82) is 0 Å². The first kappa shape index (κ1) is 20.2. The van der Waals surface area contributed by atoms with E-state index in [1.165, 1.54) is 0 Å². The molecule has 2 saturated heterocycles. The summed E-state index contributed by atoms with van der Waals surface area (Å²) in [5, 5.41) is 0. The number of epoxide rings is 2. The van der Waals surface area contributed by atoms with E-state index in [1.807, 2.05) is 12.1 Å². The standard InChI is InChI=1S/C19H16Br4O4/c1-19(2,9-3-5-10(6-4-9)26-11-7-24-11)13-14(20)16(22)18(17(23)15(13)21)27-12-8-25-12/h3-6,11-12H,7-8H2,1-2H3. The van der Waals surface area contributed by atoms with Crippen molar-refractivity contribution in [2.75, 3.05) is 13.2 Å². The van der Waals surface area contributed by atoms with Crippen LogP contribution < -0.4 is 9.47 Å². The zero-order chi connectivity index (χ0) is 19.3. The summed E-state index contributed by atoms with van der Waals surface area (Å²) in [7, 11) is 0. The molecule has 0 N–H and O–H groups in total. The van der Waals surface area contributed by atoms with E-state index < -0.39 is 0 Å². The van der Waals surface area contributed by atoms with Crippen molar-refractivity contribution in [1.82, 2.24) is 0 Å². The minimum Gasteiger partial charge on any atom is -0.462 e. The lowest BCUT2D eigenvalue weighted by molar-refractivity contribution is 0.177. The number of rotatable bonds is 6. The van der Waals surface area contributed by atoms with Gasteiger partial charge in [-0.1, -0.05) is 26.0 Å². The highest BCUT2D eigenvalue weighted by Gasteiger charge is 2.34. The lowest BCUT2D eigenvalue weighted by atomic mass is 9.78. The summed E-state index contributed by atoms with van der Waals surface area (Å²) in [5.41, 5.74) is 1.97. The van der Waals surface area contributed by atoms with E-state index in [1.54, 1.807) is 0 Å². The van der Waals surface area contributed by atoms with Crippen molar-refractivity contribution in [2.45, 2.75) is 31.8 Å². The maximum atomic E-state index is 5.88. The van der Waals surface area contributed by atoms with Crippen LogP contribution in [0.25, 0.3) is 0 Å². The summed E-state index contributed by atoms with van der Waals surface area (Å²) >= 11 is 14.9. The summed E-state index contributed by atoms with van der Waals surface area (Å²) in [6.45, 7) is 5.64. The Hall–Kier alpha value is -0.120. The molecule has 0 spiro atoms. The average Bonchev–Trinajstić information content (AvgIpc) is 3.53. The Bertz CT molecular complexity index is 845. The van der Waals surface area contributed by atoms with Gasteiger partial charge in [-0.2, -0.15) is 0 Å². The number of halogens is 4. The summed E-state index contributed by atoms with van der Waals surface area (Å²) in [6.07, 6.45) is -0.277. The van der Waals surface area contributed by atoms with Crippen LogP contribution in [0.5, 0.6) is 11.5 Å². The van der Waals surface area contributed by atoms with E-state index >= 15 is 0 Å². The Balaban J connectivity index is 1.71. The Morgan fingerprint density at radius 3 is 1.78 bits per heavy atom. The number of hydrogen-bond acceptors (Lipinski definition) is 4. The van der Waals surface area contributed by atoms with Gasteiger partial charge >= 0.3 is 0 Å². The van der Waals surface area contributed by atoms with Gasteiger partial charge in [0, 0.05) is 14.4 Å². The summed E-state index contributed by atoms with van der Waals surface area (Å²) < 4.78 is 25.4. The highest BCUT2D eigenvalue weighted by Crippen LogP contribution is 2.52.